The van der Waals surface area contributed by atoms with Crippen LogP contribution in [0.4, 0.5) is 0 Å². The van der Waals surface area contributed by atoms with Crippen LogP contribution in [-0.4, -0.2) is 27.2 Å². The lowest BCUT2D eigenvalue weighted by atomic mass is 10.1. The molecule has 0 amide bonds. The molecule has 4 rings (SSSR count). The van der Waals surface area contributed by atoms with Crippen molar-refractivity contribution >= 4 is 16.9 Å². The molecule has 5 nitrogen and oxygen atoms in total. The Labute approximate surface area is 156 Å². The minimum absolute atomic E-state index is 0.0748. The van der Waals surface area contributed by atoms with Crippen LogP contribution in [0.25, 0.3) is 27.8 Å². The number of aromatic hydroxyl groups is 1. The molecule has 2 aromatic carbocycles. The minimum atomic E-state index is -0.634. The van der Waals surface area contributed by atoms with Gasteiger partial charge in [0.25, 0.3) is 0 Å². The second-order valence-electron chi connectivity index (χ2n) is 6.04. The molecule has 0 aliphatic rings. The number of aromatic nitrogens is 2. The van der Waals surface area contributed by atoms with Crippen LogP contribution in [0.3, 0.4) is 0 Å². The van der Waals surface area contributed by atoms with Gasteiger partial charge in [-0.05, 0) is 30.7 Å². The number of esters is 1. The van der Waals surface area contributed by atoms with Gasteiger partial charge in [0, 0.05) is 11.1 Å². The largest absolute Gasteiger partial charge is 0.505 e. The number of benzene rings is 2. The fourth-order valence-electron chi connectivity index (χ4n) is 3.18. The summed E-state index contributed by atoms with van der Waals surface area (Å²) >= 11 is 0. The second-order valence-corrected chi connectivity index (χ2v) is 6.04. The van der Waals surface area contributed by atoms with Crippen LogP contribution in [0.2, 0.25) is 0 Å². The number of carbonyl (C=O) groups excluding carboxylic acids is 1. The van der Waals surface area contributed by atoms with Gasteiger partial charge in [0.15, 0.2) is 11.4 Å². The van der Waals surface area contributed by atoms with E-state index in [4.69, 9.17) is 4.74 Å². The van der Waals surface area contributed by atoms with Crippen LogP contribution >= 0.6 is 0 Å². The number of hydrogen-bond acceptors (Lipinski definition) is 4. The predicted octanol–water partition coefficient (Wildman–Crippen LogP) is 4.57. The summed E-state index contributed by atoms with van der Waals surface area (Å²) in [6.45, 7) is 1.94. The maximum Gasteiger partial charge on any atom is 0.360 e. The molecule has 0 aliphatic heterocycles. The quantitative estimate of drug-likeness (QED) is 0.543. The van der Waals surface area contributed by atoms with E-state index in [1.807, 2.05) is 71.3 Å². The first kappa shape index (κ1) is 16.8. The van der Waals surface area contributed by atoms with Crippen molar-refractivity contribution in [3.05, 3.63) is 78.6 Å². The van der Waals surface area contributed by atoms with Crippen LogP contribution in [0.5, 0.6) is 5.75 Å². The van der Waals surface area contributed by atoms with Crippen LogP contribution in [0, 0.1) is 0 Å². The monoisotopic (exact) mass is 358 g/mol. The zero-order chi connectivity index (χ0) is 18.8. The van der Waals surface area contributed by atoms with E-state index in [1.54, 1.807) is 13.1 Å². The van der Waals surface area contributed by atoms with Gasteiger partial charge in [-0.15, -0.1) is 0 Å². The Morgan fingerprint density at radius 2 is 1.74 bits per heavy atom. The predicted molar refractivity (Wildman–Crippen MR) is 104 cm³/mol. The summed E-state index contributed by atoms with van der Waals surface area (Å²) in [5, 5.41) is 11.3. The molecule has 0 spiro atoms. The van der Waals surface area contributed by atoms with Crippen molar-refractivity contribution in [2.45, 2.75) is 6.92 Å². The van der Waals surface area contributed by atoms with Gasteiger partial charge in [-0.2, -0.15) is 0 Å². The molecule has 0 aliphatic carbocycles. The van der Waals surface area contributed by atoms with E-state index >= 15 is 0 Å². The van der Waals surface area contributed by atoms with Crippen molar-refractivity contribution in [2.24, 2.45) is 0 Å². The first-order valence-electron chi connectivity index (χ1n) is 8.72. The SMILES string of the molecule is CCOC(=O)c1ncc2c(cc(-c3ccccc3)n2-c2ccccc2)c1O. The third-order valence-electron chi connectivity index (χ3n) is 4.39. The molecular formula is C22H18N2O3. The van der Waals surface area contributed by atoms with E-state index in [0.29, 0.717) is 10.9 Å². The number of fused-ring (bicyclic) bond motifs is 1. The van der Waals surface area contributed by atoms with Gasteiger partial charge in [0.05, 0.1) is 24.0 Å². The summed E-state index contributed by atoms with van der Waals surface area (Å²) in [7, 11) is 0. The average molecular weight is 358 g/mol. The Hall–Kier alpha value is -3.60. The van der Waals surface area contributed by atoms with Gasteiger partial charge < -0.3 is 14.4 Å². The Bertz CT molecular complexity index is 1100. The van der Waals surface area contributed by atoms with E-state index in [1.165, 1.54) is 0 Å². The molecule has 5 heteroatoms. The molecule has 0 radical (unpaired) electrons. The topological polar surface area (TPSA) is 64.3 Å². The summed E-state index contributed by atoms with van der Waals surface area (Å²) in [6, 6.07) is 21.6. The molecule has 2 heterocycles. The molecule has 0 fully saturated rings. The molecule has 0 saturated heterocycles. The van der Waals surface area contributed by atoms with E-state index < -0.39 is 5.97 Å². The highest BCUT2D eigenvalue weighted by Crippen LogP contribution is 2.36. The minimum Gasteiger partial charge on any atom is -0.505 e. The second kappa shape index (κ2) is 6.96. The highest BCUT2D eigenvalue weighted by Gasteiger charge is 2.21. The number of nitrogens with zero attached hydrogens (tertiary/aromatic N) is 2. The van der Waals surface area contributed by atoms with E-state index in [2.05, 4.69) is 4.98 Å². The Balaban J connectivity index is 2.01. The summed E-state index contributed by atoms with van der Waals surface area (Å²) in [5.41, 5.74) is 3.47. The standard InChI is InChI=1S/C22H18N2O3/c1-2-27-22(26)20-21(25)17-13-18(15-9-5-3-6-10-15)24(19(17)14-23-20)16-11-7-4-8-12-16/h3-14,25H,2H2,1H3. The van der Waals surface area contributed by atoms with Crippen molar-refractivity contribution in [3.8, 4) is 22.7 Å². The van der Waals surface area contributed by atoms with Crippen LogP contribution in [0.15, 0.2) is 72.9 Å². The maximum atomic E-state index is 12.1. The molecular weight excluding hydrogens is 340 g/mol. The van der Waals surface area contributed by atoms with Crippen molar-refractivity contribution in [1.29, 1.82) is 0 Å². The summed E-state index contributed by atoms with van der Waals surface area (Å²) < 4.78 is 7.02. The Morgan fingerprint density at radius 1 is 1.07 bits per heavy atom. The number of pyridine rings is 1. The number of rotatable bonds is 4. The first-order valence-corrected chi connectivity index (χ1v) is 8.72. The van der Waals surface area contributed by atoms with Gasteiger partial charge >= 0.3 is 5.97 Å². The van der Waals surface area contributed by atoms with E-state index in [0.717, 1.165) is 16.9 Å². The smallest absolute Gasteiger partial charge is 0.360 e. The Morgan fingerprint density at radius 3 is 2.41 bits per heavy atom. The van der Waals surface area contributed by atoms with Crippen LogP contribution in [0.1, 0.15) is 17.4 Å². The lowest BCUT2D eigenvalue weighted by Gasteiger charge is -2.11. The van der Waals surface area contributed by atoms with Crippen LogP contribution < -0.4 is 0 Å². The Kier molecular flexibility index (Phi) is 4.34. The van der Waals surface area contributed by atoms with Gasteiger partial charge in [0.2, 0.25) is 0 Å². The molecule has 4 aromatic rings. The summed E-state index contributed by atoms with van der Waals surface area (Å²) in [6.07, 6.45) is 1.60. The lowest BCUT2D eigenvalue weighted by molar-refractivity contribution is 0.0516. The molecule has 0 saturated carbocycles. The van der Waals surface area contributed by atoms with Crippen molar-refractivity contribution in [2.75, 3.05) is 6.61 Å². The van der Waals surface area contributed by atoms with Gasteiger partial charge in [0.1, 0.15) is 0 Å². The molecule has 0 unspecified atom stereocenters. The van der Waals surface area contributed by atoms with Gasteiger partial charge in [-0.3, -0.25) is 0 Å². The van der Waals surface area contributed by atoms with Crippen molar-refractivity contribution < 1.29 is 14.6 Å². The number of carbonyl (C=O) groups is 1. The summed E-state index contributed by atoms with van der Waals surface area (Å²) in [5.74, 6) is -0.802. The van der Waals surface area contributed by atoms with Crippen LogP contribution in [-0.2, 0) is 4.74 Å². The molecule has 1 N–H and O–H groups in total. The fraction of sp³-hybridized carbons (Fsp3) is 0.0909. The third kappa shape index (κ3) is 2.93. The number of hydrogen-bond donors (Lipinski definition) is 1. The van der Waals surface area contributed by atoms with Crippen molar-refractivity contribution in [1.82, 2.24) is 9.55 Å². The highest BCUT2D eigenvalue weighted by molar-refractivity contribution is 6.00. The molecule has 134 valence electrons. The molecule has 0 atom stereocenters. The zero-order valence-electron chi connectivity index (χ0n) is 14.8. The normalized spacial score (nSPS) is 10.9. The van der Waals surface area contributed by atoms with Gasteiger partial charge in [-0.1, -0.05) is 48.5 Å². The zero-order valence-corrected chi connectivity index (χ0v) is 14.8. The van der Waals surface area contributed by atoms with E-state index in [-0.39, 0.29) is 18.1 Å². The first-order chi connectivity index (χ1) is 13.2. The highest BCUT2D eigenvalue weighted by atomic mass is 16.5. The van der Waals surface area contributed by atoms with E-state index in [9.17, 15) is 9.90 Å². The molecule has 27 heavy (non-hydrogen) atoms. The average Bonchev–Trinajstić information content (AvgIpc) is 3.10. The third-order valence-corrected chi connectivity index (χ3v) is 4.39. The molecule has 2 aromatic heterocycles. The lowest BCUT2D eigenvalue weighted by Crippen LogP contribution is -2.07. The fourth-order valence-corrected chi connectivity index (χ4v) is 3.18. The maximum absolute atomic E-state index is 12.1. The van der Waals surface area contributed by atoms with Gasteiger partial charge in [-0.25, -0.2) is 9.78 Å². The molecule has 0 bridgehead atoms. The number of para-hydroxylation sites is 1. The number of ether oxygens (including phenoxy) is 1. The van der Waals surface area contributed by atoms with Crippen molar-refractivity contribution in [3.63, 3.8) is 0 Å². The summed E-state index contributed by atoms with van der Waals surface area (Å²) in [4.78, 5) is 16.3.